The second kappa shape index (κ2) is 8.11. The van der Waals surface area contributed by atoms with Crippen molar-refractivity contribution < 1.29 is 9.90 Å². The topological polar surface area (TPSA) is 40.5 Å². The van der Waals surface area contributed by atoms with Gasteiger partial charge in [0.15, 0.2) is 0 Å². The van der Waals surface area contributed by atoms with Gasteiger partial charge in [0.2, 0.25) is 0 Å². The van der Waals surface area contributed by atoms with Crippen molar-refractivity contribution in [1.82, 2.24) is 0 Å². The van der Waals surface area contributed by atoms with E-state index in [9.17, 15) is 9.90 Å². The molecule has 0 spiro atoms. The fourth-order valence-electron chi connectivity index (χ4n) is 8.05. The van der Waals surface area contributed by atoms with Crippen LogP contribution in [0.2, 0.25) is 0 Å². The van der Waals surface area contributed by atoms with Crippen LogP contribution in [-0.2, 0) is 16.6 Å². The number of benzene rings is 2. The molecule has 1 N–H and O–H groups in total. The maximum Gasteiger partial charge on any atom is 0.139 e. The van der Waals surface area contributed by atoms with E-state index in [1.54, 1.807) is 0 Å². The third-order valence-corrected chi connectivity index (χ3v) is 10.1. The van der Waals surface area contributed by atoms with Gasteiger partial charge in [-0.15, -0.1) is 0 Å². The van der Waals surface area contributed by atoms with E-state index in [1.807, 2.05) is 0 Å². The number of aromatic hydroxyl groups is 1. The molecule has 1 saturated heterocycles. The van der Waals surface area contributed by atoms with Gasteiger partial charge < -0.3 is 10.0 Å². The van der Waals surface area contributed by atoms with E-state index in [0.717, 1.165) is 57.2 Å². The number of phenolic OH excluding ortho intramolecular Hbond substituents is 1. The minimum absolute atomic E-state index is 0.0516. The van der Waals surface area contributed by atoms with E-state index in [2.05, 4.69) is 62.9 Å². The SMILES string of the molecule is CC(C)(C)c1ccc(N2CCCC2)c(-c2cc3c(cc2O)CC[C@@H]2[C@H]4CCC(=O)[C@]4(C)CC[C@@H]32)c1. The van der Waals surface area contributed by atoms with Crippen LogP contribution in [0.4, 0.5) is 5.69 Å². The first-order valence-electron chi connectivity index (χ1n) is 14.0. The van der Waals surface area contributed by atoms with Crippen molar-refractivity contribution in [2.75, 3.05) is 18.0 Å². The molecule has 2 aromatic rings. The predicted molar refractivity (Wildman–Crippen MR) is 143 cm³/mol. The number of ketones is 1. The molecule has 4 atom stereocenters. The molecule has 35 heavy (non-hydrogen) atoms. The van der Waals surface area contributed by atoms with Crippen molar-refractivity contribution in [3.63, 3.8) is 0 Å². The molecule has 2 saturated carbocycles. The van der Waals surface area contributed by atoms with Gasteiger partial charge in [-0.25, -0.2) is 0 Å². The fraction of sp³-hybridized carbons (Fsp3) is 0.594. The van der Waals surface area contributed by atoms with Crippen LogP contribution in [0.3, 0.4) is 0 Å². The molecule has 1 heterocycles. The van der Waals surface area contributed by atoms with E-state index in [4.69, 9.17) is 0 Å². The minimum Gasteiger partial charge on any atom is -0.507 e. The van der Waals surface area contributed by atoms with Crippen LogP contribution in [0.5, 0.6) is 5.75 Å². The molecule has 0 aromatic heterocycles. The second-order valence-corrected chi connectivity index (χ2v) is 13.1. The Morgan fingerprint density at radius 3 is 2.49 bits per heavy atom. The maximum atomic E-state index is 12.8. The molecule has 4 aliphatic rings. The number of nitrogens with zero attached hydrogens (tertiary/aromatic N) is 1. The van der Waals surface area contributed by atoms with Crippen molar-refractivity contribution in [3.8, 4) is 16.9 Å². The summed E-state index contributed by atoms with van der Waals surface area (Å²) in [6.07, 6.45) is 8.61. The third-order valence-electron chi connectivity index (χ3n) is 10.1. The number of rotatable bonds is 2. The van der Waals surface area contributed by atoms with Crippen LogP contribution in [0.25, 0.3) is 11.1 Å². The predicted octanol–water partition coefficient (Wildman–Crippen LogP) is 7.38. The molecule has 3 heteroatoms. The Kier molecular flexibility index (Phi) is 5.36. The highest BCUT2D eigenvalue weighted by Gasteiger charge is 2.54. The Balaban J connectivity index is 1.46. The van der Waals surface area contributed by atoms with E-state index >= 15 is 0 Å². The summed E-state index contributed by atoms with van der Waals surface area (Å²) in [6.45, 7) is 11.2. The molecule has 186 valence electrons. The molecule has 3 nitrogen and oxygen atoms in total. The molecule has 3 aliphatic carbocycles. The number of phenols is 1. The molecule has 3 fully saturated rings. The smallest absolute Gasteiger partial charge is 0.139 e. The van der Waals surface area contributed by atoms with Crippen LogP contribution in [0.15, 0.2) is 30.3 Å². The van der Waals surface area contributed by atoms with Gasteiger partial charge in [0.1, 0.15) is 11.5 Å². The van der Waals surface area contributed by atoms with Crippen LogP contribution in [0.1, 0.15) is 95.2 Å². The van der Waals surface area contributed by atoms with Gasteiger partial charge in [0, 0.05) is 41.7 Å². The monoisotopic (exact) mass is 471 g/mol. The summed E-state index contributed by atoms with van der Waals surface area (Å²) in [5.74, 6) is 2.58. The molecule has 0 unspecified atom stereocenters. The third kappa shape index (κ3) is 3.64. The molecule has 0 amide bonds. The quantitative estimate of drug-likeness (QED) is 0.497. The Bertz CT molecular complexity index is 1170. The Labute approximate surface area is 210 Å². The highest BCUT2D eigenvalue weighted by atomic mass is 16.3. The maximum absolute atomic E-state index is 12.8. The van der Waals surface area contributed by atoms with Crippen molar-refractivity contribution in [2.45, 2.75) is 90.4 Å². The summed E-state index contributed by atoms with van der Waals surface area (Å²) in [4.78, 5) is 15.3. The molecular formula is C32H41NO2. The lowest BCUT2D eigenvalue weighted by atomic mass is 9.55. The zero-order valence-electron chi connectivity index (χ0n) is 22.0. The molecular weight excluding hydrogens is 430 g/mol. The van der Waals surface area contributed by atoms with Crippen molar-refractivity contribution in [2.24, 2.45) is 17.3 Å². The Morgan fingerprint density at radius 1 is 0.971 bits per heavy atom. The number of anilines is 1. The van der Waals surface area contributed by atoms with Gasteiger partial charge in [0.05, 0.1) is 0 Å². The first-order valence-corrected chi connectivity index (χ1v) is 14.0. The number of Topliss-reactive ketones (excluding diaryl/α,β-unsaturated/α-hetero) is 1. The summed E-state index contributed by atoms with van der Waals surface area (Å²) in [7, 11) is 0. The lowest BCUT2D eigenvalue weighted by molar-refractivity contribution is -0.129. The van der Waals surface area contributed by atoms with Crippen molar-refractivity contribution in [1.29, 1.82) is 0 Å². The zero-order valence-corrected chi connectivity index (χ0v) is 22.0. The molecule has 1 aliphatic heterocycles. The molecule has 0 bridgehead atoms. The number of hydrogen-bond donors (Lipinski definition) is 1. The standard InChI is InChI=1S/C32H41NO2/c1-31(2,3)21-8-11-28(33-15-5-6-16-33)25(18-21)26-19-24-20(17-29(26)34)7-9-23-22(24)13-14-32(4)27(23)10-12-30(32)35/h8,11,17-19,22-23,27,34H,5-7,9-10,12-16H2,1-4H3/t22-,23+,27-,32-/m1/s1. The number of aryl methyl sites for hydroxylation is 1. The molecule has 0 radical (unpaired) electrons. The Morgan fingerprint density at radius 2 is 1.74 bits per heavy atom. The van der Waals surface area contributed by atoms with Crippen LogP contribution < -0.4 is 4.90 Å². The van der Waals surface area contributed by atoms with Gasteiger partial charge in [-0.05, 0) is 109 Å². The number of carbonyl (C=O) groups excluding carboxylic acids is 1. The van der Waals surface area contributed by atoms with Gasteiger partial charge in [-0.1, -0.05) is 33.8 Å². The van der Waals surface area contributed by atoms with Gasteiger partial charge in [-0.3, -0.25) is 4.79 Å². The second-order valence-electron chi connectivity index (χ2n) is 13.1. The summed E-state index contributed by atoms with van der Waals surface area (Å²) in [5.41, 5.74) is 7.48. The van der Waals surface area contributed by atoms with Crippen molar-refractivity contribution in [3.05, 3.63) is 47.0 Å². The number of fused-ring (bicyclic) bond motifs is 5. The van der Waals surface area contributed by atoms with Crippen molar-refractivity contribution >= 4 is 11.5 Å². The largest absolute Gasteiger partial charge is 0.507 e. The van der Waals surface area contributed by atoms with Gasteiger partial charge in [0.25, 0.3) is 0 Å². The van der Waals surface area contributed by atoms with Crippen LogP contribution in [0, 0.1) is 17.3 Å². The first-order chi connectivity index (χ1) is 16.7. The number of carbonyl (C=O) groups is 1. The van der Waals surface area contributed by atoms with Crippen LogP contribution >= 0.6 is 0 Å². The summed E-state index contributed by atoms with van der Waals surface area (Å²) >= 11 is 0. The van der Waals surface area contributed by atoms with E-state index in [0.29, 0.717) is 29.3 Å². The van der Waals surface area contributed by atoms with E-state index in [-0.39, 0.29) is 10.8 Å². The number of hydrogen-bond acceptors (Lipinski definition) is 3. The normalized spacial score (nSPS) is 30.2. The molecule has 6 rings (SSSR count). The van der Waals surface area contributed by atoms with E-state index < -0.39 is 0 Å². The van der Waals surface area contributed by atoms with Crippen LogP contribution in [-0.4, -0.2) is 24.0 Å². The summed E-state index contributed by atoms with van der Waals surface area (Å²) in [6, 6.07) is 11.3. The lowest BCUT2D eigenvalue weighted by Gasteiger charge is -2.48. The summed E-state index contributed by atoms with van der Waals surface area (Å²) < 4.78 is 0. The zero-order chi connectivity index (χ0) is 24.5. The summed E-state index contributed by atoms with van der Waals surface area (Å²) in [5, 5.41) is 11.3. The van der Waals surface area contributed by atoms with Gasteiger partial charge in [-0.2, -0.15) is 0 Å². The van der Waals surface area contributed by atoms with Gasteiger partial charge >= 0.3 is 0 Å². The highest BCUT2D eigenvalue weighted by Crippen LogP contribution is 2.60. The van der Waals surface area contributed by atoms with E-state index in [1.165, 1.54) is 40.8 Å². The minimum atomic E-state index is -0.0949. The fourth-order valence-corrected chi connectivity index (χ4v) is 8.05. The average Bonchev–Trinajstić information content (AvgIpc) is 3.46. The average molecular weight is 472 g/mol. The highest BCUT2D eigenvalue weighted by molar-refractivity contribution is 5.87. The first kappa shape index (κ1) is 23.1. The molecule has 2 aromatic carbocycles. The lowest BCUT2D eigenvalue weighted by Crippen LogP contribution is -2.42. The Hall–Kier alpha value is -2.29.